The second-order valence-corrected chi connectivity index (χ2v) is 9.20. The van der Waals surface area contributed by atoms with Gasteiger partial charge in [-0.25, -0.2) is 12.8 Å². The quantitative estimate of drug-likeness (QED) is 0.648. The van der Waals surface area contributed by atoms with Gasteiger partial charge in [0.2, 0.25) is 15.9 Å². The SMILES string of the molecule is CSCC[C@H](NS(=O)(=O)c1cc(C)ccc1C)C(=O)NCc1ccccc1F. The lowest BCUT2D eigenvalue weighted by Crippen LogP contribution is -2.47. The molecule has 0 spiro atoms. The standard InChI is InChI=1S/C20H25FN2O3S2/c1-14-8-9-15(2)19(12-14)28(25,26)23-18(10-11-27-3)20(24)22-13-16-6-4-5-7-17(16)21/h4-9,12,18,23H,10-11,13H2,1-3H3,(H,22,24)/t18-/m0/s1. The predicted molar refractivity (Wildman–Crippen MR) is 111 cm³/mol. The number of hydrogen-bond acceptors (Lipinski definition) is 4. The number of thioether (sulfide) groups is 1. The maximum absolute atomic E-state index is 13.8. The van der Waals surface area contributed by atoms with Crippen molar-refractivity contribution in [2.24, 2.45) is 0 Å². The van der Waals surface area contributed by atoms with Crippen molar-refractivity contribution in [3.63, 3.8) is 0 Å². The summed E-state index contributed by atoms with van der Waals surface area (Å²) in [5, 5.41) is 2.63. The van der Waals surface area contributed by atoms with Gasteiger partial charge in [-0.2, -0.15) is 16.5 Å². The number of benzene rings is 2. The number of nitrogens with one attached hydrogen (secondary N) is 2. The summed E-state index contributed by atoms with van der Waals surface area (Å²) >= 11 is 1.52. The Morgan fingerprint density at radius 2 is 1.89 bits per heavy atom. The Kier molecular flexibility index (Phi) is 8.03. The molecular formula is C20H25FN2O3S2. The summed E-state index contributed by atoms with van der Waals surface area (Å²) in [4.78, 5) is 12.8. The molecule has 0 radical (unpaired) electrons. The van der Waals surface area contributed by atoms with E-state index < -0.39 is 27.8 Å². The highest BCUT2D eigenvalue weighted by Gasteiger charge is 2.26. The molecular weight excluding hydrogens is 399 g/mol. The molecule has 0 saturated carbocycles. The van der Waals surface area contributed by atoms with Crippen LogP contribution in [0, 0.1) is 19.7 Å². The molecule has 0 aliphatic heterocycles. The van der Waals surface area contributed by atoms with Crippen LogP contribution in [0.25, 0.3) is 0 Å². The molecule has 1 amide bonds. The van der Waals surface area contributed by atoms with Gasteiger partial charge < -0.3 is 5.32 Å². The molecule has 0 heterocycles. The zero-order valence-electron chi connectivity index (χ0n) is 16.2. The van der Waals surface area contributed by atoms with Crippen molar-refractivity contribution >= 4 is 27.7 Å². The van der Waals surface area contributed by atoms with Crippen LogP contribution in [0.2, 0.25) is 0 Å². The second kappa shape index (κ2) is 10.0. The maximum atomic E-state index is 13.8. The van der Waals surface area contributed by atoms with Gasteiger partial charge in [0.05, 0.1) is 4.90 Å². The smallest absolute Gasteiger partial charge is 0.241 e. The largest absolute Gasteiger partial charge is 0.351 e. The third kappa shape index (κ3) is 6.05. The van der Waals surface area contributed by atoms with Crippen molar-refractivity contribution in [3.05, 3.63) is 65.0 Å². The van der Waals surface area contributed by atoms with Gasteiger partial charge in [-0.3, -0.25) is 4.79 Å². The molecule has 0 unspecified atom stereocenters. The highest BCUT2D eigenvalue weighted by Crippen LogP contribution is 2.18. The van der Waals surface area contributed by atoms with Crippen LogP contribution in [-0.2, 0) is 21.4 Å². The van der Waals surface area contributed by atoms with Crippen molar-refractivity contribution in [3.8, 4) is 0 Å². The number of halogens is 1. The molecule has 0 fully saturated rings. The Morgan fingerprint density at radius 3 is 2.57 bits per heavy atom. The van der Waals surface area contributed by atoms with Gasteiger partial charge >= 0.3 is 0 Å². The lowest BCUT2D eigenvalue weighted by atomic mass is 10.2. The molecule has 2 aromatic rings. The Hall–Kier alpha value is -1.90. The molecule has 0 bridgehead atoms. The highest BCUT2D eigenvalue weighted by molar-refractivity contribution is 7.98. The van der Waals surface area contributed by atoms with Gasteiger partial charge in [0.25, 0.3) is 0 Å². The summed E-state index contributed by atoms with van der Waals surface area (Å²) in [6, 6.07) is 10.4. The predicted octanol–water partition coefficient (Wildman–Crippen LogP) is 3.16. The number of carbonyl (C=O) groups excluding carboxylic acids is 1. The van der Waals surface area contributed by atoms with E-state index in [1.54, 1.807) is 37.3 Å². The third-order valence-electron chi connectivity index (χ3n) is 4.27. The molecule has 0 aliphatic rings. The molecule has 0 saturated heterocycles. The summed E-state index contributed by atoms with van der Waals surface area (Å²) in [6.45, 7) is 3.51. The topological polar surface area (TPSA) is 75.3 Å². The van der Waals surface area contributed by atoms with Gasteiger partial charge in [0.1, 0.15) is 11.9 Å². The fraction of sp³-hybridized carbons (Fsp3) is 0.350. The van der Waals surface area contributed by atoms with Crippen molar-refractivity contribution in [2.45, 2.75) is 37.8 Å². The number of carbonyl (C=O) groups is 1. The van der Waals surface area contributed by atoms with Gasteiger partial charge in [0.15, 0.2) is 0 Å². The van der Waals surface area contributed by atoms with Crippen LogP contribution in [0.1, 0.15) is 23.1 Å². The summed E-state index contributed by atoms with van der Waals surface area (Å²) in [7, 11) is -3.87. The highest BCUT2D eigenvalue weighted by atomic mass is 32.2. The third-order valence-corrected chi connectivity index (χ3v) is 6.53. The Balaban J connectivity index is 2.16. The van der Waals surface area contributed by atoms with Crippen molar-refractivity contribution < 1.29 is 17.6 Å². The van der Waals surface area contributed by atoms with Gasteiger partial charge in [-0.15, -0.1) is 0 Å². The van der Waals surface area contributed by atoms with E-state index in [-0.39, 0.29) is 11.4 Å². The van der Waals surface area contributed by atoms with E-state index in [4.69, 9.17) is 0 Å². The Morgan fingerprint density at radius 1 is 1.18 bits per heavy atom. The average molecular weight is 425 g/mol. The van der Waals surface area contributed by atoms with E-state index in [9.17, 15) is 17.6 Å². The molecule has 1 atom stereocenters. The van der Waals surface area contributed by atoms with E-state index in [0.717, 1.165) is 5.56 Å². The molecule has 0 aromatic heterocycles. The average Bonchev–Trinajstić information content (AvgIpc) is 2.66. The zero-order chi connectivity index (χ0) is 20.7. The first-order valence-corrected chi connectivity index (χ1v) is 11.7. The van der Waals surface area contributed by atoms with Crippen LogP contribution in [0.15, 0.2) is 47.4 Å². The van der Waals surface area contributed by atoms with E-state index in [2.05, 4.69) is 10.0 Å². The molecule has 5 nitrogen and oxygen atoms in total. The van der Waals surface area contributed by atoms with E-state index in [0.29, 0.717) is 23.3 Å². The summed E-state index contributed by atoms with van der Waals surface area (Å²) in [5.41, 5.74) is 1.76. The number of rotatable bonds is 9. The summed E-state index contributed by atoms with van der Waals surface area (Å²) in [5.74, 6) is -0.293. The normalized spacial score (nSPS) is 12.6. The van der Waals surface area contributed by atoms with Crippen LogP contribution >= 0.6 is 11.8 Å². The number of hydrogen-bond donors (Lipinski definition) is 2. The number of sulfonamides is 1. The minimum atomic E-state index is -3.87. The number of aryl methyl sites for hydroxylation is 2. The first-order valence-electron chi connectivity index (χ1n) is 8.84. The van der Waals surface area contributed by atoms with E-state index >= 15 is 0 Å². The van der Waals surface area contributed by atoms with Crippen molar-refractivity contribution in [2.75, 3.05) is 12.0 Å². The summed E-state index contributed by atoms with van der Waals surface area (Å²) < 4.78 is 42.0. The van der Waals surface area contributed by atoms with Crippen LogP contribution in [0.4, 0.5) is 4.39 Å². The zero-order valence-corrected chi connectivity index (χ0v) is 17.8. The Labute approximate surface area is 170 Å². The molecule has 2 N–H and O–H groups in total. The minimum Gasteiger partial charge on any atom is -0.351 e. The molecule has 28 heavy (non-hydrogen) atoms. The lowest BCUT2D eigenvalue weighted by molar-refractivity contribution is -0.122. The second-order valence-electron chi connectivity index (χ2n) is 6.53. The molecule has 8 heteroatoms. The van der Waals surface area contributed by atoms with Crippen molar-refractivity contribution in [1.82, 2.24) is 10.0 Å². The molecule has 152 valence electrons. The van der Waals surface area contributed by atoms with Crippen LogP contribution in [0.3, 0.4) is 0 Å². The van der Waals surface area contributed by atoms with E-state index in [1.165, 1.54) is 17.8 Å². The van der Waals surface area contributed by atoms with E-state index in [1.807, 2.05) is 19.2 Å². The fourth-order valence-corrected chi connectivity index (χ4v) is 4.70. The van der Waals surface area contributed by atoms with Gasteiger partial charge in [0, 0.05) is 12.1 Å². The minimum absolute atomic E-state index is 0.00747. The van der Waals surface area contributed by atoms with Gasteiger partial charge in [-0.05, 0) is 55.5 Å². The number of amides is 1. The van der Waals surface area contributed by atoms with Crippen LogP contribution in [0.5, 0.6) is 0 Å². The van der Waals surface area contributed by atoms with Crippen molar-refractivity contribution in [1.29, 1.82) is 0 Å². The first kappa shape index (κ1) is 22.4. The summed E-state index contributed by atoms with van der Waals surface area (Å²) in [6.07, 6.45) is 2.21. The fourth-order valence-electron chi connectivity index (χ4n) is 2.67. The van der Waals surface area contributed by atoms with Gasteiger partial charge in [-0.1, -0.05) is 30.3 Å². The molecule has 2 aromatic carbocycles. The molecule has 0 aliphatic carbocycles. The lowest BCUT2D eigenvalue weighted by Gasteiger charge is -2.19. The Bertz CT molecular complexity index is 933. The monoisotopic (exact) mass is 424 g/mol. The molecule has 2 rings (SSSR count). The maximum Gasteiger partial charge on any atom is 0.241 e. The first-order chi connectivity index (χ1) is 13.2. The van der Waals surface area contributed by atoms with Crippen LogP contribution < -0.4 is 10.0 Å². The van der Waals surface area contributed by atoms with Crippen LogP contribution in [-0.4, -0.2) is 32.4 Å².